The number of hydrogen-bond acceptors (Lipinski definition) is 3. The van der Waals surface area contributed by atoms with Crippen molar-refractivity contribution in [3.05, 3.63) is 48.0 Å². The summed E-state index contributed by atoms with van der Waals surface area (Å²) >= 11 is 0. The number of carbonyl (C=O) groups excluding carboxylic acids is 1. The van der Waals surface area contributed by atoms with Gasteiger partial charge in [-0.15, -0.1) is 0 Å². The molecule has 4 rings (SSSR count). The van der Waals surface area contributed by atoms with Crippen LogP contribution in [0.15, 0.2) is 46.9 Å². The van der Waals surface area contributed by atoms with Gasteiger partial charge >= 0.3 is 0 Å². The summed E-state index contributed by atoms with van der Waals surface area (Å²) in [4.78, 5) is 17.2. The third-order valence-electron chi connectivity index (χ3n) is 4.93. The van der Waals surface area contributed by atoms with Gasteiger partial charge in [-0.3, -0.25) is 4.79 Å². The monoisotopic (exact) mass is 334 g/mol. The topological polar surface area (TPSA) is 55.1 Å². The first kappa shape index (κ1) is 15.9. The van der Waals surface area contributed by atoms with Gasteiger partial charge in [-0.1, -0.05) is 37.5 Å². The van der Waals surface area contributed by atoms with Crippen molar-refractivity contribution >= 4 is 22.7 Å². The summed E-state index contributed by atoms with van der Waals surface area (Å²) < 4.78 is 5.91. The highest BCUT2D eigenvalue weighted by molar-refractivity contribution is 5.96. The Morgan fingerprint density at radius 3 is 2.76 bits per heavy atom. The van der Waals surface area contributed by atoms with Crippen LogP contribution in [0.4, 0.5) is 5.69 Å². The van der Waals surface area contributed by atoms with E-state index in [0.29, 0.717) is 5.89 Å². The number of oxazole rings is 1. The predicted molar refractivity (Wildman–Crippen MR) is 99.4 cm³/mol. The van der Waals surface area contributed by atoms with Crippen molar-refractivity contribution < 1.29 is 9.21 Å². The number of benzene rings is 2. The zero-order valence-electron chi connectivity index (χ0n) is 14.4. The zero-order chi connectivity index (χ0) is 17.2. The summed E-state index contributed by atoms with van der Waals surface area (Å²) in [7, 11) is 0. The molecule has 1 heterocycles. The lowest BCUT2D eigenvalue weighted by molar-refractivity contribution is -0.120. The van der Waals surface area contributed by atoms with Crippen molar-refractivity contribution in [2.45, 2.75) is 39.0 Å². The standard InChI is InChI=1S/C21H22N2O2/c1-14-11-12-19-18(13-14)23-21(25-19)16-9-5-6-10-17(16)22-20(24)15-7-3-2-4-8-15/h5-6,9-13,15H,2-4,7-8H2,1H3,(H,22,24). The number of anilines is 1. The summed E-state index contributed by atoms with van der Waals surface area (Å²) in [6, 6.07) is 13.7. The van der Waals surface area contributed by atoms with Crippen LogP contribution < -0.4 is 5.32 Å². The minimum absolute atomic E-state index is 0.110. The highest BCUT2D eigenvalue weighted by atomic mass is 16.3. The summed E-state index contributed by atoms with van der Waals surface area (Å²) in [5, 5.41) is 3.10. The van der Waals surface area contributed by atoms with Gasteiger partial charge in [0.1, 0.15) is 5.52 Å². The Hall–Kier alpha value is -2.62. The number of amides is 1. The molecule has 0 saturated heterocycles. The van der Waals surface area contributed by atoms with Crippen LogP contribution in [-0.2, 0) is 4.79 Å². The van der Waals surface area contributed by atoms with Crippen LogP contribution in [0.5, 0.6) is 0 Å². The molecule has 4 nitrogen and oxygen atoms in total. The minimum atomic E-state index is 0.110. The van der Waals surface area contributed by atoms with Crippen LogP contribution >= 0.6 is 0 Å². The highest BCUT2D eigenvalue weighted by Crippen LogP contribution is 2.32. The molecule has 1 aromatic heterocycles. The van der Waals surface area contributed by atoms with Crippen molar-refractivity contribution in [2.75, 3.05) is 5.32 Å². The van der Waals surface area contributed by atoms with E-state index in [9.17, 15) is 4.79 Å². The minimum Gasteiger partial charge on any atom is -0.436 e. The molecule has 1 saturated carbocycles. The molecule has 0 radical (unpaired) electrons. The van der Waals surface area contributed by atoms with Gasteiger partial charge < -0.3 is 9.73 Å². The van der Waals surface area contributed by atoms with Crippen LogP contribution in [0.3, 0.4) is 0 Å². The second-order valence-electron chi connectivity index (χ2n) is 6.86. The van der Waals surface area contributed by atoms with E-state index in [0.717, 1.165) is 53.6 Å². The number of hydrogen-bond donors (Lipinski definition) is 1. The van der Waals surface area contributed by atoms with E-state index in [1.807, 2.05) is 49.4 Å². The van der Waals surface area contributed by atoms with Gasteiger partial charge in [0.25, 0.3) is 0 Å². The molecular formula is C21H22N2O2. The molecule has 2 aromatic carbocycles. The molecule has 0 bridgehead atoms. The Morgan fingerprint density at radius 1 is 1.12 bits per heavy atom. The number of aryl methyl sites for hydroxylation is 1. The van der Waals surface area contributed by atoms with Gasteiger partial charge in [0, 0.05) is 5.92 Å². The van der Waals surface area contributed by atoms with Gasteiger partial charge in [-0.2, -0.15) is 0 Å². The second-order valence-corrected chi connectivity index (χ2v) is 6.86. The van der Waals surface area contributed by atoms with Crippen molar-refractivity contribution in [3.8, 4) is 11.5 Å². The van der Waals surface area contributed by atoms with Crippen LogP contribution in [0.1, 0.15) is 37.7 Å². The molecule has 0 aliphatic heterocycles. The first-order chi connectivity index (χ1) is 12.2. The van der Waals surface area contributed by atoms with Gasteiger partial charge in [0.2, 0.25) is 11.8 Å². The van der Waals surface area contributed by atoms with E-state index < -0.39 is 0 Å². The number of nitrogens with one attached hydrogen (secondary N) is 1. The number of rotatable bonds is 3. The summed E-state index contributed by atoms with van der Waals surface area (Å²) in [6.07, 6.45) is 5.49. The molecule has 0 unspecified atom stereocenters. The van der Waals surface area contributed by atoms with Crippen molar-refractivity contribution in [1.82, 2.24) is 4.98 Å². The normalized spacial score (nSPS) is 15.4. The fourth-order valence-electron chi connectivity index (χ4n) is 3.53. The molecular weight excluding hydrogens is 312 g/mol. The number of fused-ring (bicyclic) bond motifs is 1. The lowest BCUT2D eigenvalue weighted by Crippen LogP contribution is -2.24. The zero-order valence-corrected chi connectivity index (χ0v) is 14.4. The molecule has 3 aromatic rings. The number of nitrogens with zero attached hydrogens (tertiary/aromatic N) is 1. The maximum Gasteiger partial charge on any atom is 0.229 e. The first-order valence-electron chi connectivity index (χ1n) is 8.98. The summed E-state index contributed by atoms with van der Waals surface area (Å²) in [5.41, 5.74) is 4.32. The molecule has 0 atom stereocenters. The first-order valence-corrected chi connectivity index (χ1v) is 8.98. The lowest BCUT2D eigenvalue weighted by atomic mass is 9.88. The summed E-state index contributed by atoms with van der Waals surface area (Å²) in [5.74, 6) is 0.771. The molecule has 1 aliphatic carbocycles. The van der Waals surface area contributed by atoms with Crippen molar-refractivity contribution in [2.24, 2.45) is 5.92 Å². The molecule has 1 amide bonds. The smallest absolute Gasteiger partial charge is 0.229 e. The fraction of sp³-hybridized carbons (Fsp3) is 0.333. The second kappa shape index (κ2) is 6.71. The SMILES string of the molecule is Cc1ccc2oc(-c3ccccc3NC(=O)C3CCCCC3)nc2c1. The van der Waals surface area contributed by atoms with Gasteiger partial charge in [-0.25, -0.2) is 4.98 Å². The van der Waals surface area contributed by atoms with E-state index in [4.69, 9.17) is 4.42 Å². The van der Waals surface area contributed by atoms with E-state index >= 15 is 0 Å². The molecule has 25 heavy (non-hydrogen) atoms. The van der Waals surface area contributed by atoms with Crippen LogP contribution in [0.2, 0.25) is 0 Å². The number of carbonyl (C=O) groups is 1. The Bertz CT molecular complexity index is 907. The number of aromatic nitrogens is 1. The molecule has 1 N–H and O–H groups in total. The Balaban J connectivity index is 1.64. The fourth-order valence-corrected chi connectivity index (χ4v) is 3.53. The predicted octanol–water partition coefficient (Wildman–Crippen LogP) is 5.32. The van der Waals surface area contributed by atoms with Gasteiger partial charge in [0.05, 0.1) is 11.3 Å². The van der Waals surface area contributed by atoms with Gasteiger partial charge in [-0.05, 0) is 49.6 Å². The van der Waals surface area contributed by atoms with Crippen molar-refractivity contribution in [1.29, 1.82) is 0 Å². The quantitative estimate of drug-likeness (QED) is 0.705. The Labute approximate surface area is 147 Å². The van der Waals surface area contributed by atoms with Crippen LogP contribution in [0, 0.1) is 12.8 Å². The largest absolute Gasteiger partial charge is 0.436 e. The van der Waals surface area contributed by atoms with Gasteiger partial charge in [0.15, 0.2) is 5.58 Å². The highest BCUT2D eigenvalue weighted by Gasteiger charge is 2.22. The Kier molecular flexibility index (Phi) is 4.26. The number of para-hydroxylation sites is 1. The maximum atomic E-state index is 12.6. The summed E-state index contributed by atoms with van der Waals surface area (Å²) in [6.45, 7) is 2.03. The third-order valence-corrected chi connectivity index (χ3v) is 4.93. The van der Waals surface area contributed by atoms with Crippen LogP contribution in [-0.4, -0.2) is 10.9 Å². The molecule has 1 fully saturated rings. The maximum absolute atomic E-state index is 12.6. The van der Waals surface area contributed by atoms with E-state index in [-0.39, 0.29) is 11.8 Å². The third kappa shape index (κ3) is 3.29. The van der Waals surface area contributed by atoms with E-state index in [1.165, 1.54) is 6.42 Å². The van der Waals surface area contributed by atoms with Crippen LogP contribution in [0.25, 0.3) is 22.6 Å². The Morgan fingerprint density at radius 2 is 1.92 bits per heavy atom. The average molecular weight is 334 g/mol. The van der Waals surface area contributed by atoms with E-state index in [2.05, 4.69) is 10.3 Å². The van der Waals surface area contributed by atoms with Crippen molar-refractivity contribution in [3.63, 3.8) is 0 Å². The van der Waals surface area contributed by atoms with E-state index in [1.54, 1.807) is 0 Å². The lowest BCUT2D eigenvalue weighted by Gasteiger charge is -2.21. The molecule has 128 valence electrons. The average Bonchev–Trinajstić information content (AvgIpc) is 3.06. The molecule has 1 aliphatic rings. The molecule has 4 heteroatoms. The molecule has 0 spiro atoms.